The zero-order valence-corrected chi connectivity index (χ0v) is 13.3. The Labute approximate surface area is 142 Å². The second-order valence-corrected chi connectivity index (χ2v) is 5.84. The molecule has 3 N–H and O–H groups in total. The van der Waals surface area contributed by atoms with Crippen molar-refractivity contribution in [2.45, 2.75) is 6.92 Å². The molecule has 2 amide bonds. The van der Waals surface area contributed by atoms with E-state index in [0.29, 0.717) is 5.69 Å². The highest BCUT2D eigenvalue weighted by Gasteiger charge is 2.31. The molecule has 1 aromatic carbocycles. The fourth-order valence-electron chi connectivity index (χ4n) is 3.06. The molecule has 25 heavy (non-hydrogen) atoms. The number of amides is 2. The molecule has 7 heteroatoms. The van der Waals surface area contributed by atoms with Crippen molar-refractivity contribution in [3.8, 4) is 11.4 Å². The molecule has 0 atom stereocenters. The van der Waals surface area contributed by atoms with Crippen LogP contribution in [0.1, 0.15) is 26.3 Å². The van der Waals surface area contributed by atoms with Gasteiger partial charge in [0.25, 0.3) is 17.4 Å². The third-order valence-corrected chi connectivity index (χ3v) is 4.29. The Hall–Kier alpha value is -3.61. The zero-order chi connectivity index (χ0) is 17.7. The van der Waals surface area contributed by atoms with Gasteiger partial charge in [-0.3, -0.25) is 24.3 Å². The molecule has 124 valence electrons. The number of rotatable bonds is 2. The third kappa shape index (κ3) is 2.17. The molecule has 0 spiro atoms. The summed E-state index contributed by atoms with van der Waals surface area (Å²) < 4.78 is 3.16. The highest BCUT2D eigenvalue weighted by molar-refractivity contribution is 6.23. The zero-order valence-electron chi connectivity index (χ0n) is 13.3. The van der Waals surface area contributed by atoms with Gasteiger partial charge in [0.05, 0.1) is 16.8 Å². The first kappa shape index (κ1) is 14.9. The summed E-state index contributed by atoms with van der Waals surface area (Å²) in [6.07, 6.45) is 3.79. The van der Waals surface area contributed by atoms with E-state index in [0.717, 1.165) is 17.3 Å². The van der Waals surface area contributed by atoms with E-state index in [9.17, 15) is 14.4 Å². The van der Waals surface area contributed by atoms with Crippen LogP contribution >= 0.6 is 0 Å². The van der Waals surface area contributed by atoms with Crippen LogP contribution in [0.15, 0.2) is 53.6 Å². The molecule has 0 aliphatic carbocycles. The molecule has 3 heterocycles. The van der Waals surface area contributed by atoms with Gasteiger partial charge in [0, 0.05) is 24.1 Å². The number of imide groups is 1. The van der Waals surface area contributed by atoms with Crippen molar-refractivity contribution in [3.63, 3.8) is 0 Å². The van der Waals surface area contributed by atoms with Crippen molar-refractivity contribution < 1.29 is 9.59 Å². The summed E-state index contributed by atoms with van der Waals surface area (Å²) in [4.78, 5) is 36.2. The second-order valence-electron chi connectivity index (χ2n) is 5.84. The van der Waals surface area contributed by atoms with Gasteiger partial charge in [0.2, 0.25) is 0 Å². The molecule has 2 aromatic heterocycles. The van der Waals surface area contributed by atoms with E-state index in [1.165, 1.54) is 4.57 Å². The van der Waals surface area contributed by atoms with Gasteiger partial charge < -0.3 is 10.3 Å². The van der Waals surface area contributed by atoms with Gasteiger partial charge in [0.1, 0.15) is 5.82 Å². The van der Waals surface area contributed by atoms with E-state index >= 15 is 0 Å². The van der Waals surface area contributed by atoms with Crippen LogP contribution in [0.3, 0.4) is 0 Å². The second kappa shape index (κ2) is 5.20. The number of nitrogen functional groups attached to an aromatic ring is 1. The number of nitrogens with two attached hydrogens (primary N) is 1. The minimum atomic E-state index is -0.604. The van der Waals surface area contributed by atoms with Crippen LogP contribution in [0.4, 0.5) is 5.82 Å². The maximum Gasteiger partial charge on any atom is 0.262 e. The quantitative estimate of drug-likeness (QED) is 0.692. The van der Waals surface area contributed by atoms with Crippen molar-refractivity contribution in [2.24, 2.45) is 0 Å². The number of carbonyl (C=O) groups is 2. The monoisotopic (exact) mass is 334 g/mol. The summed E-state index contributed by atoms with van der Waals surface area (Å²) in [6, 6.07) is 10.4. The van der Waals surface area contributed by atoms with Crippen LogP contribution in [-0.4, -0.2) is 20.9 Å². The van der Waals surface area contributed by atoms with E-state index < -0.39 is 17.4 Å². The Morgan fingerprint density at radius 3 is 2.44 bits per heavy atom. The number of carbonyl (C=O) groups excluding carboxylic acids is 2. The lowest BCUT2D eigenvalue weighted by Crippen LogP contribution is -2.24. The molecule has 0 unspecified atom stereocenters. The molecule has 1 aliphatic rings. The predicted octanol–water partition coefficient (Wildman–Crippen LogP) is 1.40. The number of benzene rings is 1. The van der Waals surface area contributed by atoms with Crippen LogP contribution in [0.2, 0.25) is 0 Å². The normalized spacial score (nSPS) is 13.0. The molecule has 3 aromatic rings. The van der Waals surface area contributed by atoms with Gasteiger partial charge in [-0.25, -0.2) is 0 Å². The van der Waals surface area contributed by atoms with Gasteiger partial charge in [-0.1, -0.05) is 6.07 Å². The Balaban J connectivity index is 1.97. The number of hydrogen-bond acceptors (Lipinski definition) is 4. The van der Waals surface area contributed by atoms with Crippen LogP contribution < -0.4 is 16.6 Å². The number of nitrogens with one attached hydrogen (secondary N) is 1. The van der Waals surface area contributed by atoms with Crippen molar-refractivity contribution >= 4 is 17.6 Å². The van der Waals surface area contributed by atoms with Crippen LogP contribution in [0.25, 0.3) is 11.4 Å². The molecule has 0 bridgehead atoms. The molecular formula is C18H14N4O3. The minimum absolute atomic E-state index is 0.0153. The average molecular weight is 334 g/mol. The summed E-state index contributed by atoms with van der Waals surface area (Å²) in [5.74, 6) is -1.25. The summed E-state index contributed by atoms with van der Waals surface area (Å²) in [5.41, 5.74) is 8.07. The SMILES string of the molecule is Cc1ccc(-n2c(N)c3c(cc2=O)C(=O)NC3=O)cc1-n1cccc1. The summed E-state index contributed by atoms with van der Waals surface area (Å²) in [5, 5.41) is 2.16. The lowest BCUT2D eigenvalue weighted by Gasteiger charge is -2.15. The molecule has 7 nitrogen and oxygen atoms in total. The Morgan fingerprint density at radius 1 is 1.00 bits per heavy atom. The maximum atomic E-state index is 12.5. The highest BCUT2D eigenvalue weighted by Crippen LogP contribution is 2.25. The van der Waals surface area contributed by atoms with E-state index in [-0.39, 0.29) is 16.9 Å². The standard InChI is InChI=1S/C18H14N4O3/c1-10-4-5-11(8-13(10)21-6-2-3-7-21)22-14(23)9-12-15(16(22)19)18(25)20-17(12)24/h2-9H,19H2,1H3,(H,20,24,25). The van der Waals surface area contributed by atoms with Crippen LogP contribution in [-0.2, 0) is 0 Å². The third-order valence-electron chi connectivity index (χ3n) is 4.29. The first-order valence-corrected chi connectivity index (χ1v) is 7.63. The lowest BCUT2D eigenvalue weighted by molar-refractivity contribution is 0.0880. The number of aromatic nitrogens is 2. The molecule has 0 saturated carbocycles. The molecule has 0 saturated heterocycles. The smallest absolute Gasteiger partial charge is 0.262 e. The largest absolute Gasteiger partial charge is 0.384 e. The van der Waals surface area contributed by atoms with Gasteiger partial charge >= 0.3 is 0 Å². The summed E-state index contributed by atoms with van der Waals surface area (Å²) in [7, 11) is 0. The van der Waals surface area contributed by atoms with Crippen molar-refractivity contribution in [2.75, 3.05) is 5.73 Å². The van der Waals surface area contributed by atoms with E-state index in [4.69, 9.17) is 5.73 Å². The number of pyridine rings is 1. The summed E-state index contributed by atoms with van der Waals surface area (Å²) in [6.45, 7) is 1.96. The van der Waals surface area contributed by atoms with Gasteiger partial charge in [-0.05, 0) is 36.8 Å². The Morgan fingerprint density at radius 2 is 1.72 bits per heavy atom. The van der Waals surface area contributed by atoms with Crippen molar-refractivity contribution in [1.82, 2.24) is 14.5 Å². The molecule has 0 radical (unpaired) electrons. The van der Waals surface area contributed by atoms with Crippen LogP contribution in [0.5, 0.6) is 0 Å². The van der Waals surface area contributed by atoms with Crippen molar-refractivity contribution in [3.05, 3.63) is 75.8 Å². The first-order chi connectivity index (χ1) is 12.0. The van der Waals surface area contributed by atoms with Crippen LogP contribution in [0, 0.1) is 6.92 Å². The number of anilines is 1. The lowest BCUT2D eigenvalue weighted by atomic mass is 10.1. The summed E-state index contributed by atoms with van der Waals surface area (Å²) >= 11 is 0. The fraction of sp³-hybridized carbons (Fsp3) is 0.0556. The molecule has 1 aliphatic heterocycles. The maximum absolute atomic E-state index is 12.5. The Bertz CT molecular complexity index is 1090. The first-order valence-electron chi connectivity index (χ1n) is 7.63. The van der Waals surface area contributed by atoms with Crippen molar-refractivity contribution in [1.29, 1.82) is 0 Å². The molecular weight excluding hydrogens is 320 g/mol. The van der Waals surface area contributed by atoms with Gasteiger partial charge in [0.15, 0.2) is 0 Å². The Kier molecular flexibility index (Phi) is 3.11. The molecule has 4 rings (SSSR count). The highest BCUT2D eigenvalue weighted by atomic mass is 16.2. The van der Waals surface area contributed by atoms with Gasteiger partial charge in [-0.15, -0.1) is 0 Å². The average Bonchev–Trinajstić information content (AvgIpc) is 3.18. The van der Waals surface area contributed by atoms with E-state index in [1.807, 2.05) is 48.1 Å². The van der Waals surface area contributed by atoms with Gasteiger partial charge in [-0.2, -0.15) is 0 Å². The predicted molar refractivity (Wildman–Crippen MR) is 92.3 cm³/mol. The molecule has 0 fully saturated rings. The van der Waals surface area contributed by atoms with E-state index in [1.54, 1.807) is 6.07 Å². The number of nitrogens with zero attached hydrogens (tertiary/aromatic N) is 2. The number of hydrogen-bond donors (Lipinski definition) is 2. The topological polar surface area (TPSA) is 99.1 Å². The van der Waals surface area contributed by atoms with E-state index in [2.05, 4.69) is 5.32 Å². The minimum Gasteiger partial charge on any atom is -0.384 e. The number of fused-ring (bicyclic) bond motifs is 1. The fourth-order valence-corrected chi connectivity index (χ4v) is 3.06. The number of aryl methyl sites for hydroxylation is 1.